The highest BCUT2D eigenvalue weighted by Gasteiger charge is 2.34. The minimum atomic E-state index is -1.48. The normalized spacial score (nSPS) is 16.2. The SMILES string of the molecule is C=CCOc1ccc(/C=C2\SC(=O)N(CC(=O)[O-])C2=O)cc1. The van der Waals surface area contributed by atoms with Gasteiger partial charge < -0.3 is 14.6 Å². The van der Waals surface area contributed by atoms with Crippen molar-refractivity contribution < 1.29 is 24.2 Å². The molecule has 2 rings (SSSR count). The van der Waals surface area contributed by atoms with Gasteiger partial charge in [-0.1, -0.05) is 24.8 Å². The lowest BCUT2D eigenvalue weighted by Crippen LogP contribution is -2.40. The molecule has 6 nitrogen and oxygen atoms in total. The average Bonchev–Trinajstić information content (AvgIpc) is 2.74. The molecule has 0 atom stereocenters. The molecule has 0 bridgehead atoms. The van der Waals surface area contributed by atoms with E-state index in [1.165, 1.54) is 6.08 Å². The van der Waals surface area contributed by atoms with Gasteiger partial charge in [0.1, 0.15) is 12.4 Å². The molecule has 0 aromatic heterocycles. The summed E-state index contributed by atoms with van der Waals surface area (Å²) in [6.07, 6.45) is 3.15. The lowest BCUT2D eigenvalue weighted by Gasteiger charge is -2.12. The van der Waals surface area contributed by atoms with Crippen LogP contribution >= 0.6 is 11.8 Å². The molecule has 1 aliphatic rings. The van der Waals surface area contributed by atoms with Crippen molar-refractivity contribution >= 4 is 35.0 Å². The first-order chi connectivity index (χ1) is 10.5. The minimum absolute atomic E-state index is 0.172. The van der Waals surface area contributed by atoms with Crippen LogP contribution in [0, 0.1) is 0 Å². The lowest BCUT2D eigenvalue weighted by atomic mass is 10.2. The largest absolute Gasteiger partial charge is 0.548 e. The first kappa shape index (κ1) is 15.8. The molecule has 2 amide bonds. The zero-order chi connectivity index (χ0) is 16.1. The second-order valence-electron chi connectivity index (χ2n) is 4.31. The molecule has 1 fully saturated rings. The van der Waals surface area contributed by atoms with Crippen LogP contribution in [-0.4, -0.2) is 35.2 Å². The number of thioether (sulfide) groups is 1. The van der Waals surface area contributed by atoms with E-state index in [0.717, 1.165) is 0 Å². The fraction of sp³-hybridized carbons (Fsp3) is 0.133. The van der Waals surface area contributed by atoms with Gasteiger partial charge in [0, 0.05) is 0 Å². The summed E-state index contributed by atoms with van der Waals surface area (Å²) < 4.78 is 5.33. The van der Waals surface area contributed by atoms with Gasteiger partial charge in [0.05, 0.1) is 17.4 Å². The van der Waals surface area contributed by atoms with Crippen LogP contribution in [0.4, 0.5) is 4.79 Å². The molecule has 0 N–H and O–H groups in total. The fourth-order valence-corrected chi connectivity index (χ4v) is 2.57. The quantitative estimate of drug-likeness (QED) is 0.575. The maximum Gasteiger partial charge on any atom is 0.293 e. The van der Waals surface area contributed by atoms with E-state index in [-0.39, 0.29) is 4.91 Å². The average molecular weight is 318 g/mol. The third kappa shape index (κ3) is 3.76. The van der Waals surface area contributed by atoms with Crippen LogP contribution in [0.15, 0.2) is 41.8 Å². The zero-order valence-electron chi connectivity index (χ0n) is 11.5. The van der Waals surface area contributed by atoms with Crippen molar-refractivity contribution in [2.75, 3.05) is 13.2 Å². The summed E-state index contributed by atoms with van der Waals surface area (Å²) in [5.74, 6) is -1.46. The number of hydrogen-bond acceptors (Lipinski definition) is 6. The smallest absolute Gasteiger partial charge is 0.293 e. The van der Waals surface area contributed by atoms with Crippen molar-refractivity contribution in [2.45, 2.75) is 0 Å². The molecule has 7 heteroatoms. The van der Waals surface area contributed by atoms with Gasteiger partial charge in [-0.3, -0.25) is 14.5 Å². The van der Waals surface area contributed by atoms with Crippen LogP contribution in [0.3, 0.4) is 0 Å². The summed E-state index contributed by atoms with van der Waals surface area (Å²) in [5.41, 5.74) is 0.699. The number of carbonyl (C=O) groups excluding carboxylic acids is 3. The number of aliphatic carboxylic acids is 1. The Labute approximate surface area is 131 Å². The predicted octanol–water partition coefficient (Wildman–Crippen LogP) is 1.04. The molecule has 0 unspecified atom stereocenters. The number of hydrogen-bond donors (Lipinski definition) is 0. The highest BCUT2D eigenvalue weighted by molar-refractivity contribution is 8.18. The van der Waals surface area contributed by atoms with Gasteiger partial charge in [-0.25, -0.2) is 0 Å². The molecule has 0 spiro atoms. The number of amides is 2. The Morgan fingerprint density at radius 2 is 2.00 bits per heavy atom. The summed E-state index contributed by atoms with van der Waals surface area (Å²) in [6.45, 7) is 3.20. The van der Waals surface area contributed by atoms with E-state index in [0.29, 0.717) is 34.6 Å². The van der Waals surface area contributed by atoms with Crippen LogP contribution < -0.4 is 9.84 Å². The van der Waals surface area contributed by atoms with Gasteiger partial charge >= 0.3 is 0 Å². The van der Waals surface area contributed by atoms with E-state index in [9.17, 15) is 19.5 Å². The number of benzene rings is 1. The monoisotopic (exact) mass is 318 g/mol. The van der Waals surface area contributed by atoms with Gasteiger partial charge in [-0.15, -0.1) is 0 Å². The van der Waals surface area contributed by atoms with Crippen molar-refractivity contribution in [3.05, 3.63) is 47.4 Å². The summed E-state index contributed by atoms with van der Waals surface area (Å²) >= 11 is 0.700. The maximum atomic E-state index is 12.0. The van der Waals surface area contributed by atoms with Crippen LogP contribution in [0.25, 0.3) is 6.08 Å². The molecule has 1 aromatic carbocycles. The summed E-state index contributed by atoms with van der Waals surface area (Å²) in [7, 11) is 0. The minimum Gasteiger partial charge on any atom is -0.548 e. The zero-order valence-corrected chi connectivity index (χ0v) is 12.3. The molecule has 114 valence electrons. The Morgan fingerprint density at radius 3 is 2.59 bits per heavy atom. The standard InChI is InChI=1S/C15H13NO5S/c1-2-7-21-11-5-3-10(4-6-11)8-12-14(19)16(9-13(17)18)15(20)22-12/h2-6,8H,1,7,9H2,(H,17,18)/p-1/b12-8-. The number of imide groups is 1. The number of ether oxygens (including phenoxy) is 1. The lowest BCUT2D eigenvalue weighted by molar-refractivity contribution is -0.305. The van der Waals surface area contributed by atoms with Crippen LogP contribution in [0.1, 0.15) is 5.56 Å². The predicted molar refractivity (Wildman–Crippen MR) is 79.8 cm³/mol. The van der Waals surface area contributed by atoms with E-state index in [1.807, 2.05) is 0 Å². The Bertz CT molecular complexity index is 650. The van der Waals surface area contributed by atoms with Gasteiger partial charge in [0.25, 0.3) is 11.1 Å². The second-order valence-corrected chi connectivity index (χ2v) is 5.30. The third-order valence-electron chi connectivity index (χ3n) is 2.71. The summed E-state index contributed by atoms with van der Waals surface area (Å²) in [4.78, 5) is 34.9. The molecule has 1 aromatic rings. The number of carbonyl (C=O) groups is 3. The fourth-order valence-electron chi connectivity index (χ4n) is 1.73. The first-order valence-corrected chi connectivity index (χ1v) is 7.12. The van der Waals surface area contributed by atoms with Crippen molar-refractivity contribution in [2.24, 2.45) is 0 Å². The third-order valence-corrected chi connectivity index (χ3v) is 3.61. The molecular formula is C15H12NO5S-. The number of carboxylic acid groups (broad SMARTS) is 1. The Hall–Kier alpha value is -2.54. The second kappa shape index (κ2) is 6.95. The molecule has 0 radical (unpaired) electrons. The van der Waals surface area contributed by atoms with Crippen LogP contribution in [0.2, 0.25) is 0 Å². The molecule has 22 heavy (non-hydrogen) atoms. The topological polar surface area (TPSA) is 86.7 Å². The van der Waals surface area contributed by atoms with Gasteiger partial charge in [0.2, 0.25) is 0 Å². The van der Waals surface area contributed by atoms with Crippen molar-refractivity contribution in [3.8, 4) is 5.75 Å². The van der Waals surface area contributed by atoms with E-state index >= 15 is 0 Å². The molecular weight excluding hydrogens is 306 g/mol. The van der Waals surface area contributed by atoms with Crippen molar-refractivity contribution in [1.82, 2.24) is 4.90 Å². The van der Waals surface area contributed by atoms with Gasteiger partial charge in [-0.05, 0) is 35.5 Å². The van der Waals surface area contributed by atoms with E-state index < -0.39 is 23.7 Å². The van der Waals surface area contributed by atoms with Gasteiger partial charge in [-0.2, -0.15) is 0 Å². The summed E-state index contributed by atoms with van der Waals surface area (Å²) in [5, 5.41) is 9.91. The maximum absolute atomic E-state index is 12.0. The van der Waals surface area contributed by atoms with Crippen LogP contribution in [-0.2, 0) is 9.59 Å². The molecule has 0 saturated carbocycles. The van der Waals surface area contributed by atoms with Crippen LogP contribution in [0.5, 0.6) is 5.75 Å². The van der Waals surface area contributed by atoms with Gasteiger partial charge in [0.15, 0.2) is 0 Å². The van der Waals surface area contributed by atoms with E-state index in [1.54, 1.807) is 30.3 Å². The first-order valence-electron chi connectivity index (χ1n) is 6.30. The number of rotatable bonds is 6. The number of carboxylic acids is 1. The Kier molecular flexibility index (Phi) is 5.00. The van der Waals surface area contributed by atoms with Crippen molar-refractivity contribution in [3.63, 3.8) is 0 Å². The molecule has 1 saturated heterocycles. The molecule has 1 aliphatic heterocycles. The van der Waals surface area contributed by atoms with E-state index in [4.69, 9.17) is 4.74 Å². The molecule has 1 heterocycles. The highest BCUT2D eigenvalue weighted by atomic mass is 32.2. The highest BCUT2D eigenvalue weighted by Crippen LogP contribution is 2.32. The van der Waals surface area contributed by atoms with Crippen molar-refractivity contribution in [1.29, 1.82) is 0 Å². The molecule has 0 aliphatic carbocycles. The van der Waals surface area contributed by atoms with E-state index in [2.05, 4.69) is 6.58 Å². The Balaban J connectivity index is 2.12. The summed E-state index contributed by atoms with van der Waals surface area (Å²) in [6, 6.07) is 6.90. The Morgan fingerprint density at radius 1 is 1.32 bits per heavy atom. The number of nitrogens with zero attached hydrogens (tertiary/aromatic N) is 1.